The van der Waals surface area contributed by atoms with E-state index in [1.54, 1.807) is 7.11 Å². The second kappa shape index (κ2) is 9.80. The Morgan fingerprint density at radius 3 is 2.69 bits per heavy atom. The molecule has 214 valence electrons. The van der Waals surface area contributed by atoms with Gasteiger partial charge >= 0.3 is 0 Å². The first kappa shape index (κ1) is 25.2. The van der Waals surface area contributed by atoms with E-state index in [4.69, 9.17) is 14.2 Å². The zero-order chi connectivity index (χ0) is 28.4. The molecule has 1 N–H and O–H groups in total. The van der Waals surface area contributed by atoms with E-state index in [1.165, 1.54) is 5.56 Å². The predicted octanol–water partition coefficient (Wildman–Crippen LogP) is 3.86. The molecule has 8 rings (SSSR count). The smallest absolute Gasteiger partial charge is 0.246 e. The molecule has 2 saturated heterocycles. The Morgan fingerprint density at radius 1 is 1.00 bits per heavy atom. The van der Waals surface area contributed by atoms with Gasteiger partial charge in [0.05, 0.1) is 13.2 Å². The summed E-state index contributed by atoms with van der Waals surface area (Å²) in [6.45, 7) is 2.71. The summed E-state index contributed by atoms with van der Waals surface area (Å²) in [5.74, 6) is 2.20. The Morgan fingerprint density at radius 2 is 1.83 bits per heavy atom. The SMILES string of the molecule is COc1ccc(CN2CC[C@@H](N3CC(=O)N4[C@H](c5ccc6c(c5)OCO6)c5[nH]c6ccccc6c5C[C@@H]4C3=O)C2)cc1. The Bertz CT molecular complexity index is 1700. The number of hydrogen-bond donors (Lipinski definition) is 1. The average Bonchev–Trinajstić information content (AvgIpc) is 3.76. The third kappa shape index (κ3) is 4.02. The largest absolute Gasteiger partial charge is 0.497 e. The van der Waals surface area contributed by atoms with Crippen molar-refractivity contribution in [3.05, 3.63) is 89.1 Å². The standard InChI is InChI=1S/C33H32N4O5/c1-40-23-9-6-20(7-10-23)16-35-13-12-22(17-35)36-18-30(38)37-27(33(36)39)15-25-24-4-2-3-5-26(24)34-31(25)32(37)21-8-11-28-29(14-21)42-19-41-28/h2-11,14,22,27,32,34H,12-13,15-19H2,1H3/t22-,27-,32-/m1/s1. The fraction of sp³-hybridized carbons (Fsp3) is 0.333. The van der Waals surface area contributed by atoms with Gasteiger partial charge in [-0.05, 0) is 53.4 Å². The normalized spacial score (nSPS) is 23.4. The molecular weight excluding hydrogens is 532 g/mol. The van der Waals surface area contributed by atoms with Crippen LogP contribution in [0.1, 0.15) is 34.8 Å². The Labute approximate surface area is 243 Å². The lowest BCUT2D eigenvalue weighted by Crippen LogP contribution is -2.65. The van der Waals surface area contributed by atoms with Crippen molar-refractivity contribution in [2.75, 3.05) is 33.5 Å². The predicted molar refractivity (Wildman–Crippen MR) is 155 cm³/mol. The molecule has 3 aromatic carbocycles. The zero-order valence-corrected chi connectivity index (χ0v) is 23.4. The maximum Gasteiger partial charge on any atom is 0.246 e. The number of carbonyl (C=O) groups excluding carboxylic acids is 2. The third-order valence-corrected chi connectivity index (χ3v) is 9.26. The molecule has 2 amide bonds. The maximum absolute atomic E-state index is 14.3. The number of likely N-dealkylation sites (tertiary alicyclic amines) is 1. The first-order valence-corrected chi connectivity index (χ1v) is 14.5. The van der Waals surface area contributed by atoms with Gasteiger partial charge in [-0.1, -0.05) is 36.4 Å². The minimum atomic E-state index is -0.566. The number of aromatic amines is 1. The van der Waals surface area contributed by atoms with Gasteiger partial charge in [0.25, 0.3) is 0 Å². The summed E-state index contributed by atoms with van der Waals surface area (Å²) in [6, 6.07) is 21.1. The van der Waals surface area contributed by atoms with Crippen molar-refractivity contribution in [3.63, 3.8) is 0 Å². The van der Waals surface area contributed by atoms with E-state index in [0.717, 1.165) is 59.5 Å². The molecule has 0 saturated carbocycles. The number of benzene rings is 3. The van der Waals surface area contributed by atoms with Gasteiger partial charge in [-0.2, -0.15) is 0 Å². The van der Waals surface area contributed by atoms with E-state index in [1.807, 2.05) is 52.3 Å². The Balaban J connectivity index is 1.10. The van der Waals surface area contributed by atoms with Gasteiger partial charge in [0, 0.05) is 48.7 Å². The molecule has 0 bridgehead atoms. The van der Waals surface area contributed by atoms with Crippen LogP contribution in [-0.2, 0) is 22.6 Å². The molecule has 1 aromatic heterocycles. The van der Waals surface area contributed by atoms with E-state index >= 15 is 0 Å². The van der Waals surface area contributed by atoms with Gasteiger partial charge in [-0.25, -0.2) is 0 Å². The summed E-state index contributed by atoms with van der Waals surface area (Å²) in [5, 5.41) is 1.10. The summed E-state index contributed by atoms with van der Waals surface area (Å²) in [7, 11) is 1.67. The van der Waals surface area contributed by atoms with Crippen LogP contribution in [0, 0.1) is 0 Å². The quantitative estimate of drug-likeness (QED) is 0.396. The van der Waals surface area contributed by atoms with Crippen molar-refractivity contribution in [3.8, 4) is 17.2 Å². The van der Waals surface area contributed by atoms with Crippen molar-refractivity contribution in [1.82, 2.24) is 19.7 Å². The number of piperazine rings is 1. The number of carbonyl (C=O) groups is 2. The Hall–Kier alpha value is -4.50. The van der Waals surface area contributed by atoms with E-state index in [-0.39, 0.29) is 31.2 Å². The summed E-state index contributed by atoms with van der Waals surface area (Å²) in [5.41, 5.74) is 5.18. The minimum absolute atomic E-state index is 0.00945. The molecule has 0 unspecified atom stereocenters. The fourth-order valence-electron chi connectivity index (χ4n) is 7.22. The minimum Gasteiger partial charge on any atom is -0.497 e. The molecule has 9 heteroatoms. The summed E-state index contributed by atoms with van der Waals surface area (Å²) < 4.78 is 16.5. The molecular formula is C33H32N4O5. The summed E-state index contributed by atoms with van der Waals surface area (Å²) in [4.78, 5) is 38.0. The Kier molecular flexibility index (Phi) is 5.89. The average molecular weight is 565 g/mol. The molecule has 4 aromatic rings. The van der Waals surface area contributed by atoms with Crippen LogP contribution in [0.2, 0.25) is 0 Å². The van der Waals surface area contributed by atoms with Crippen LogP contribution in [0.15, 0.2) is 66.7 Å². The van der Waals surface area contributed by atoms with Crippen molar-refractivity contribution in [1.29, 1.82) is 0 Å². The van der Waals surface area contributed by atoms with Crippen LogP contribution in [0.5, 0.6) is 17.2 Å². The van der Waals surface area contributed by atoms with Gasteiger partial charge in [0.2, 0.25) is 18.6 Å². The molecule has 5 heterocycles. The number of aromatic nitrogens is 1. The molecule has 4 aliphatic heterocycles. The van der Waals surface area contributed by atoms with Crippen LogP contribution in [0.4, 0.5) is 0 Å². The molecule has 2 fully saturated rings. The van der Waals surface area contributed by atoms with Gasteiger partial charge in [-0.3, -0.25) is 14.5 Å². The van der Waals surface area contributed by atoms with Crippen LogP contribution >= 0.6 is 0 Å². The van der Waals surface area contributed by atoms with Crippen molar-refractivity contribution >= 4 is 22.7 Å². The van der Waals surface area contributed by atoms with E-state index in [9.17, 15) is 9.59 Å². The molecule has 42 heavy (non-hydrogen) atoms. The molecule has 4 aliphatic rings. The molecule has 9 nitrogen and oxygen atoms in total. The number of para-hydroxylation sites is 1. The third-order valence-electron chi connectivity index (χ3n) is 9.26. The number of nitrogens with zero attached hydrogens (tertiary/aromatic N) is 3. The summed E-state index contributed by atoms with van der Waals surface area (Å²) in [6.07, 6.45) is 1.34. The van der Waals surface area contributed by atoms with Gasteiger partial charge < -0.3 is 29.0 Å². The zero-order valence-electron chi connectivity index (χ0n) is 23.4. The molecule has 0 radical (unpaired) electrons. The molecule has 0 aliphatic carbocycles. The number of H-pyrrole nitrogens is 1. The fourth-order valence-corrected chi connectivity index (χ4v) is 7.22. The first-order chi connectivity index (χ1) is 20.6. The number of rotatable bonds is 5. The highest BCUT2D eigenvalue weighted by atomic mass is 16.7. The van der Waals surface area contributed by atoms with Crippen LogP contribution in [0.25, 0.3) is 10.9 Å². The molecule has 3 atom stereocenters. The second-order valence-electron chi connectivity index (χ2n) is 11.6. The highest BCUT2D eigenvalue weighted by Crippen LogP contribution is 2.45. The second-order valence-corrected chi connectivity index (χ2v) is 11.6. The highest BCUT2D eigenvalue weighted by Gasteiger charge is 2.50. The molecule has 0 spiro atoms. The van der Waals surface area contributed by atoms with Crippen molar-refractivity contribution in [2.45, 2.75) is 37.5 Å². The van der Waals surface area contributed by atoms with Gasteiger partial charge in [0.1, 0.15) is 18.3 Å². The van der Waals surface area contributed by atoms with Gasteiger partial charge in [-0.15, -0.1) is 0 Å². The summed E-state index contributed by atoms with van der Waals surface area (Å²) >= 11 is 0. The number of ether oxygens (including phenoxy) is 3. The number of methoxy groups -OCH3 is 1. The maximum atomic E-state index is 14.3. The van der Waals surface area contributed by atoms with Gasteiger partial charge in [0.15, 0.2) is 11.5 Å². The number of amides is 2. The van der Waals surface area contributed by atoms with Crippen LogP contribution < -0.4 is 14.2 Å². The van der Waals surface area contributed by atoms with E-state index in [2.05, 4.69) is 34.1 Å². The topological polar surface area (TPSA) is 87.3 Å². The van der Waals surface area contributed by atoms with Crippen LogP contribution in [-0.4, -0.2) is 77.1 Å². The van der Waals surface area contributed by atoms with E-state index < -0.39 is 12.1 Å². The highest BCUT2D eigenvalue weighted by molar-refractivity contribution is 5.98. The number of nitrogens with one attached hydrogen (secondary N) is 1. The monoisotopic (exact) mass is 564 g/mol. The first-order valence-electron chi connectivity index (χ1n) is 14.5. The lowest BCUT2D eigenvalue weighted by Gasteiger charge is -2.48. The van der Waals surface area contributed by atoms with Crippen molar-refractivity contribution < 1.29 is 23.8 Å². The van der Waals surface area contributed by atoms with Crippen molar-refractivity contribution in [2.24, 2.45) is 0 Å². The van der Waals surface area contributed by atoms with Crippen LogP contribution in [0.3, 0.4) is 0 Å². The lowest BCUT2D eigenvalue weighted by molar-refractivity contribution is -0.160. The lowest BCUT2D eigenvalue weighted by atomic mass is 9.85. The number of fused-ring (bicyclic) bond motifs is 5. The van der Waals surface area contributed by atoms with E-state index in [0.29, 0.717) is 17.9 Å². The number of hydrogen-bond acceptors (Lipinski definition) is 6.